The first kappa shape index (κ1) is 15.7. The number of halogens is 1. The predicted molar refractivity (Wildman–Crippen MR) is 91.7 cm³/mol. The SMILES string of the molecule is CC(C)OC(=O)c1cc2nc(-c3ccccn3)n(C3CC3)c2cc1F. The summed E-state index contributed by atoms with van der Waals surface area (Å²) in [6, 6.07) is 8.77. The van der Waals surface area contributed by atoms with Crippen LogP contribution in [0, 0.1) is 5.82 Å². The maximum absolute atomic E-state index is 14.5. The Labute approximate surface area is 144 Å². The van der Waals surface area contributed by atoms with Crippen molar-refractivity contribution in [2.24, 2.45) is 0 Å². The standard InChI is InChI=1S/C19H18FN3O2/c1-11(2)25-19(24)13-9-16-17(10-14(13)20)23(12-6-7-12)18(22-16)15-5-3-4-8-21-15/h3-5,8-12H,6-7H2,1-2H3. The van der Waals surface area contributed by atoms with Crippen LogP contribution in [0.3, 0.4) is 0 Å². The van der Waals surface area contributed by atoms with Crippen LogP contribution in [-0.2, 0) is 4.74 Å². The molecule has 5 nitrogen and oxygen atoms in total. The number of pyridine rings is 1. The van der Waals surface area contributed by atoms with E-state index in [1.807, 2.05) is 22.8 Å². The van der Waals surface area contributed by atoms with Crippen LogP contribution < -0.4 is 0 Å². The zero-order valence-corrected chi connectivity index (χ0v) is 14.1. The fourth-order valence-electron chi connectivity index (χ4n) is 2.93. The van der Waals surface area contributed by atoms with Gasteiger partial charge in [-0.15, -0.1) is 0 Å². The van der Waals surface area contributed by atoms with E-state index in [0.717, 1.165) is 18.5 Å². The largest absolute Gasteiger partial charge is 0.459 e. The lowest BCUT2D eigenvalue weighted by atomic mass is 10.2. The van der Waals surface area contributed by atoms with Crippen molar-refractivity contribution in [3.63, 3.8) is 0 Å². The molecule has 0 amide bonds. The third kappa shape index (κ3) is 2.88. The Bertz CT molecular complexity index is 946. The molecule has 0 unspecified atom stereocenters. The molecule has 1 aromatic carbocycles. The molecule has 0 saturated heterocycles. The molecule has 6 heteroatoms. The van der Waals surface area contributed by atoms with E-state index >= 15 is 0 Å². The van der Waals surface area contributed by atoms with Gasteiger partial charge in [0.2, 0.25) is 0 Å². The zero-order valence-electron chi connectivity index (χ0n) is 14.1. The molecule has 2 heterocycles. The van der Waals surface area contributed by atoms with Crippen LogP contribution in [0.5, 0.6) is 0 Å². The van der Waals surface area contributed by atoms with Gasteiger partial charge < -0.3 is 9.30 Å². The first-order valence-electron chi connectivity index (χ1n) is 8.38. The Morgan fingerprint density at radius 1 is 1.32 bits per heavy atom. The molecule has 0 atom stereocenters. The van der Waals surface area contributed by atoms with Crippen molar-refractivity contribution in [2.75, 3.05) is 0 Å². The minimum atomic E-state index is -0.672. The summed E-state index contributed by atoms with van der Waals surface area (Å²) in [5.41, 5.74) is 1.90. The molecule has 0 N–H and O–H groups in total. The van der Waals surface area contributed by atoms with Gasteiger partial charge in [0, 0.05) is 18.3 Å². The van der Waals surface area contributed by atoms with Crippen LogP contribution in [0.4, 0.5) is 4.39 Å². The molecule has 0 bridgehead atoms. The lowest BCUT2D eigenvalue weighted by molar-refractivity contribution is 0.0373. The Morgan fingerprint density at radius 3 is 2.76 bits per heavy atom. The average Bonchev–Trinajstić information content (AvgIpc) is 3.35. The highest BCUT2D eigenvalue weighted by atomic mass is 19.1. The molecule has 128 valence electrons. The number of ether oxygens (including phenoxy) is 1. The molecule has 3 aromatic rings. The van der Waals surface area contributed by atoms with Gasteiger partial charge in [0.05, 0.1) is 22.7 Å². The Hall–Kier alpha value is -2.76. The Kier molecular flexibility index (Phi) is 3.75. The number of rotatable bonds is 4. The van der Waals surface area contributed by atoms with Crippen molar-refractivity contribution < 1.29 is 13.9 Å². The first-order valence-corrected chi connectivity index (χ1v) is 8.38. The number of benzene rings is 1. The topological polar surface area (TPSA) is 57.0 Å². The van der Waals surface area contributed by atoms with E-state index in [2.05, 4.69) is 9.97 Å². The molecule has 25 heavy (non-hydrogen) atoms. The third-order valence-corrected chi connectivity index (χ3v) is 4.15. The molecule has 0 aliphatic heterocycles. The fourth-order valence-corrected chi connectivity index (χ4v) is 2.93. The first-order chi connectivity index (χ1) is 12.0. The summed E-state index contributed by atoms with van der Waals surface area (Å²) in [5, 5.41) is 0. The summed E-state index contributed by atoms with van der Waals surface area (Å²) < 4.78 is 21.7. The number of hydrogen-bond acceptors (Lipinski definition) is 4. The number of carbonyl (C=O) groups is 1. The van der Waals surface area contributed by atoms with Gasteiger partial charge in [0.15, 0.2) is 5.82 Å². The molecule has 1 aliphatic carbocycles. The minimum absolute atomic E-state index is 0.0887. The van der Waals surface area contributed by atoms with Crippen molar-refractivity contribution in [3.05, 3.63) is 47.9 Å². The quantitative estimate of drug-likeness (QED) is 0.671. The number of fused-ring (bicyclic) bond motifs is 1. The molecular weight excluding hydrogens is 321 g/mol. The third-order valence-electron chi connectivity index (χ3n) is 4.15. The van der Waals surface area contributed by atoms with Gasteiger partial charge in [-0.3, -0.25) is 4.98 Å². The van der Waals surface area contributed by atoms with Crippen molar-refractivity contribution in [1.29, 1.82) is 0 Å². The van der Waals surface area contributed by atoms with E-state index in [-0.39, 0.29) is 11.7 Å². The maximum Gasteiger partial charge on any atom is 0.341 e. The van der Waals surface area contributed by atoms with Gasteiger partial charge in [0.25, 0.3) is 0 Å². The number of nitrogens with zero attached hydrogens (tertiary/aromatic N) is 3. The van der Waals surface area contributed by atoms with Crippen LogP contribution in [-0.4, -0.2) is 26.6 Å². The van der Waals surface area contributed by atoms with E-state index < -0.39 is 11.8 Å². The number of hydrogen-bond donors (Lipinski definition) is 0. The van der Waals surface area contributed by atoms with Gasteiger partial charge in [-0.25, -0.2) is 14.2 Å². The molecule has 0 radical (unpaired) electrons. The van der Waals surface area contributed by atoms with E-state index in [1.165, 1.54) is 12.1 Å². The van der Waals surface area contributed by atoms with Crippen molar-refractivity contribution >= 4 is 17.0 Å². The van der Waals surface area contributed by atoms with Crippen molar-refractivity contribution in [2.45, 2.75) is 38.8 Å². The molecule has 1 aliphatic rings. The predicted octanol–water partition coefficient (Wildman–Crippen LogP) is 4.14. The Balaban J connectivity index is 1.88. The van der Waals surface area contributed by atoms with Crippen LogP contribution in [0.15, 0.2) is 36.5 Å². The molecule has 1 fully saturated rings. The molecule has 2 aromatic heterocycles. The lowest BCUT2D eigenvalue weighted by Gasteiger charge is -2.09. The van der Waals surface area contributed by atoms with Gasteiger partial charge in [0.1, 0.15) is 11.5 Å². The van der Waals surface area contributed by atoms with Gasteiger partial charge in [-0.1, -0.05) is 6.07 Å². The fraction of sp³-hybridized carbons (Fsp3) is 0.316. The number of carbonyl (C=O) groups excluding carboxylic acids is 1. The highest BCUT2D eigenvalue weighted by Gasteiger charge is 2.30. The number of esters is 1. The second-order valence-corrected chi connectivity index (χ2v) is 6.53. The van der Waals surface area contributed by atoms with Gasteiger partial charge in [-0.2, -0.15) is 0 Å². The normalized spacial score (nSPS) is 14.2. The van der Waals surface area contributed by atoms with Crippen LogP contribution in [0.25, 0.3) is 22.6 Å². The number of aromatic nitrogens is 3. The number of imidazole rings is 1. The Morgan fingerprint density at radius 2 is 2.12 bits per heavy atom. The molecule has 1 saturated carbocycles. The second-order valence-electron chi connectivity index (χ2n) is 6.53. The van der Waals surface area contributed by atoms with Crippen LogP contribution in [0.2, 0.25) is 0 Å². The minimum Gasteiger partial charge on any atom is -0.459 e. The summed E-state index contributed by atoms with van der Waals surface area (Å²) >= 11 is 0. The van der Waals surface area contributed by atoms with Crippen molar-refractivity contribution in [1.82, 2.24) is 14.5 Å². The molecular formula is C19H18FN3O2. The lowest BCUT2D eigenvalue weighted by Crippen LogP contribution is -2.13. The summed E-state index contributed by atoms with van der Waals surface area (Å²) in [5.74, 6) is -0.561. The summed E-state index contributed by atoms with van der Waals surface area (Å²) in [7, 11) is 0. The van der Waals surface area contributed by atoms with E-state index in [9.17, 15) is 9.18 Å². The van der Waals surface area contributed by atoms with Gasteiger partial charge >= 0.3 is 5.97 Å². The van der Waals surface area contributed by atoms with E-state index in [0.29, 0.717) is 22.9 Å². The van der Waals surface area contributed by atoms with Crippen molar-refractivity contribution in [3.8, 4) is 11.5 Å². The summed E-state index contributed by atoms with van der Waals surface area (Å²) in [4.78, 5) is 21.1. The van der Waals surface area contributed by atoms with Gasteiger partial charge in [-0.05, 0) is 44.9 Å². The van der Waals surface area contributed by atoms with E-state index in [4.69, 9.17) is 4.74 Å². The maximum atomic E-state index is 14.5. The smallest absolute Gasteiger partial charge is 0.341 e. The van der Waals surface area contributed by atoms with E-state index in [1.54, 1.807) is 20.0 Å². The van der Waals surface area contributed by atoms with Crippen LogP contribution in [0.1, 0.15) is 43.1 Å². The highest BCUT2D eigenvalue weighted by Crippen LogP contribution is 2.41. The summed E-state index contributed by atoms with van der Waals surface area (Å²) in [6.07, 6.45) is 3.46. The molecule has 4 rings (SSSR count). The van der Waals surface area contributed by atoms with Crippen LogP contribution >= 0.6 is 0 Å². The second kappa shape index (κ2) is 5.95. The summed E-state index contributed by atoms with van der Waals surface area (Å²) in [6.45, 7) is 3.46. The highest BCUT2D eigenvalue weighted by molar-refractivity contribution is 5.95. The monoisotopic (exact) mass is 339 g/mol. The average molecular weight is 339 g/mol. The zero-order chi connectivity index (χ0) is 17.6. The molecule has 0 spiro atoms.